The lowest BCUT2D eigenvalue weighted by molar-refractivity contribution is -0.132. The average Bonchev–Trinajstić information content (AvgIpc) is 2.88. The van der Waals surface area contributed by atoms with Crippen LogP contribution in [0.15, 0.2) is 41.8 Å². The largest absolute Gasteiger partial charge is 0.495 e. The molecule has 202 valence electrons. The SMILES string of the molecule is C=CC(=O)N1CC(N(C)CCn2c(=O)c(-c3c(Cl)c(OC)cc(OC)c3Cl)cc3cnc(NCC)cc32)C1. The van der Waals surface area contributed by atoms with Crippen LogP contribution in [0.3, 0.4) is 0 Å². The molecule has 1 N–H and O–H groups in total. The second-order valence-corrected chi connectivity index (χ2v) is 9.80. The Hall–Kier alpha value is -3.27. The Morgan fingerprint density at radius 1 is 1.21 bits per heavy atom. The summed E-state index contributed by atoms with van der Waals surface area (Å²) in [5, 5.41) is 4.40. The minimum Gasteiger partial charge on any atom is -0.495 e. The van der Waals surface area contributed by atoms with Gasteiger partial charge in [0.2, 0.25) is 5.91 Å². The van der Waals surface area contributed by atoms with E-state index >= 15 is 0 Å². The molecular weight excluding hydrogens is 529 g/mol. The normalized spacial score (nSPS) is 13.5. The second-order valence-electron chi connectivity index (χ2n) is 9.04. The number of anilines is 1. The van der Waals surface area contributed by atoms with Crippen LogP contribution < -0.4 is 20.3 Å². The van der Waals surface area contributed by atoms with Gasteiger partial charge in [-0.25, -0.2) is 4.98 Å². The zero-order chi connectivity index (χ0) is 27.6. The lowest BCUT2D eigenvalue weighted by atomic mass is 10.0. The molecule has 3 heterocycles. The van der Waals surface area contributed by atoms with Gasteiger partial charge in [0.1, 0.15) is 17.3 Å². The van der Waals surface area contributed by atoms with Crippen LogP contribution in [0.2, 0.25) is 10.0 Å². The van der Waals surface area contributed by atoms with Crippen LogP contribution in [0.1, 0.15) is 6.92 Å². The molecular formula is C27H31Cl2N5O4. The molecule has 0 saturated carbocycles. The van der Waals surface area contributed by atoms with Crippen molar-refractivity contribution in [3.8, 4) is 22.6 Å². The number of fused-ring (bicyclic) bond motifs is 1. The third-order valence-corrected chi connectivity index (χ3v) is 7.58. The van der Waals surface area contributed by atoms with Crippen molar-refractivity contribution in [2.75, 3.05) is 52.8 Å². The van der Waals surface area contributed by atoms with E-state index in [9.17, 15) is 9.59 Å². The molecule has 38 heavy (non-hydrogen) atoms. The van der Waals surface area contributed by atoms with Crippen molar-refractivity contribution in [3.63, 3.8) is 0 Å². The van der Waals surface area contributed by atoms with Gasteiger partial charge in [0.15, 0.2) is 0 Å². The molecule has 0 aliphatic carbocycles. The fraction of sp³-hybridized carbons (Fsp3) is 0.370. The number of likely N-dealkylation sites (tertiary alicyclic amines) is 1. The van der Waals surface area contributed by atoms with Crippen LogP contribution in [0, 0.1) is 0 Å². The van der Waals surface area contributed by atoms with Crippen LogP contribution in [-0.4, -0.2) is 78.7 Å². The maximum absolute atomic E-state index is 14.0. The molecule has 0 atom stereocenters. The number of amides is 1. The summed E-state index contributed by atoms with van der Waals surface area (Å²) in [6.07, 6.45) is 3.05. The van der Waals surface area contributed by atoms with Gasteiger partial charge in [0, 0.05) is 68.0 Å². The molecule has 1 aliphatic heterocycles. The molecule has 1 aliphatic rings. The number of carbonyl (C=O) groups excluding carboxylic acids is 1. The number of methoxy groups -OCH3 is 2. The summed E-state index contributed by atoms with van der Waals surface area (Å²) < 4.78 is 12.6. The van der Waals surface area contributed by atoms with Crippen LogP contribution >= 0.6 is 23.2 Å². The van der Waals surface area contributed by atoms with Crippen molar-refractivity contribution < 1.29 is 14.3 Å². The zero-order valence-electron chi connectivity index (χ0n) is 21.9. The lowest BCUT2D eigenvalue weighted by Crippen LogP contribution is -2.60. The molecule has 1 fully saturated rings. The van der Waals surface area contributed by atoms with Crippen molar-refractivity contribution in [2.45, 2.75) is 19.5 Å². The highest BCUT2D eigenvalue weighted by Gasteiger charge is 2.32. The topological polar surface area (TPSA) is 88.9 Å². The molecule has 2 aromatic heterocycles. The predicted molar refractivity (Wildman–Crippen MR) is 152 cm³/mol. The van der Waals surface area contributed by atoms with Crippen LogP contribution in [0.25, 0.3) is 22.0 Å². The standard InChI is InChI=1S/C27H31Cl2N5O4/c1-6-23(35)33-14-17(15-33)32(3)8-9-34-19-11-22(30-7-2)31-13-16(19)10-18(27(34)36)24-25(28)20(37-4)12-21(38-5)26(24)29/h6,10-13,17H,1,7-9,14-15H2,2-5H3,(H,30,31). The number of ether oxygens (including phenoxy) is 2. The number of nitrogens with zero attached hydrogens (tertiary/aromatic N) is 4. The molecule has 1 aromatic carbocycles. The van der Waals surface area contributed by atoms with E-state index in [2.05, 4.69) is 21.8 Å². The summed E-state index contributed by atoms with van der Waals surface area (Å²) in [7, 11) is 4.97. The van der Waals surface area contributed by atoms with Gasteiger partial charge in [0.05, 0.1) is 35.3 Å². The van der Waals surface area contributed by atoms with Crippen molar-refractivity contribution in [1.82, 2.24) is 19.4 Å². The minimum atomic E-state index is -0.254. The number of halogens is 2. The quantitative estimate of drug-likeness (QED) is 0.373. The number of hydrogen-bond donors (Lipinski definition) is 1. The molecule has 1 amide bonds. The number of pyridine rings is 2. The first-order valence-electron chi connectivity index (χ1n) is 12.2. The van der Waals surface area contributed by atoms with Gasteiger partial charge >= 0.3 is 0 Å². The summed E-state index contributed by atoms with van der Waals surface area (Å²) >= 11 is 13.4. The number of aromatic nitrogens is 2. The Balaban J connectivity index is 1.79. The van der Waals surface area contributed by atoms with E-state index in [1.54, 1.807) is 27.8 Å². The molecule has 0 bridgehead atoms. The fourth-order valence-corrected chi connectivity index (χ4v) is 5.26. The van der Waals surface area contributed by atoms with Crippen LogP contribution in [0.4, 0.5) is 5.82 Å². The highest BCUT2D eigenvalue weighted by atomic mass is 35.5. The molecule has 0 unspecified atom stereocenters. The van der Waals surface area contributed by atoms with Gasteiger partial charge in [-0.2, -0.15) is 0 Å². The third kappa shape index (κ3) is 5.18. The number of hydrogen-bond acceptors (Lipinski definition) is 7. The van der Waals surface area contributed by atoms with E-state index in [-0.39, 0.29) is 27.6 Å². The Labute approximate surface area is 231 Å². The minimum absolute atomic E-state index is 0.0736. The molecule has 9 nitrogen and oxygen atoms in total. The Bertz CT molecular complexity index is 1410. The average molecular weight is 560 g/mol. The maximum Gasteiger partial charge on any atom is 0.259 e. The number of carbonyl (C=O) groups is 1. The van der Waals surface area contributed by atoms with E-state index in [4.69, 9.17) is 32.7 Å². The first-order valence-corrected chi connectivity index (χ1v) is 13.0. The first-order chi connectivity index (χ1) is 18.2. The summed E-state index contributed by atoms with van der Waals surface area (Å²) in [5.74, 6) is 1.29. The van der Waals surface area contributed by atoms with E-state index in [1.807, 2.05) is 20.0 Å². The van der Waals surface area contributed by atoms with E-state index in [1.165, 1.54) is 20.3 Å². The number of rotatable bonds is 10. The highest BCUT2D eigenvalue weighted by Crippen LogP contribution is 2.45. The van der Waals surface area contributed by atoms with Crippen LogP contribution in [-0.2, 0) is 11.3 Å². The number of likely N-dealkylation sites (N-methyl/N-ethyl adjacent to an activating group) is 1. The maximum atomic E-state index is 14.0. The molecule has 11 heteroatoms. The van der Waals surface area contributed by atoms with Crippen molar-refractivity contribution in [1.29, 1.82) is 0 Å². The Morgan fingerprint density at radius 3 is 2.45 bits per heavy atom. The van der Waals surface area contributed by atoms with Gasteiger partial charge in [0.25, 0.3) is 5.56 Å². The third-order valence-electron chi connectivity index (χ3n) is 6.83. The van der Waals surface area contributed by atoms with E-state index < -0.39 is 0 Å². The highest BCUT2D eigenvalue weighted by molar-refractivity contribution is 6.41. The first kappa shape index (κ1) is 27.8. The van der Waals surface area contributed by atoms with Gasteiger partial charge in [-0.05, 0) is 26.1 Å². The van der Waals surface area contributed by atoms with E-state index in [0.29, 0.717) is 61.2 Å². The molecule has 1 saturated heterocycles. The predicted octanol–water partition coefficient (Wildman–Crippen LogP) is 4.15. The monoisotopic (exact) mass is 559 g/mol. The van der Waals surface area contributed by atoms with Gasteiger partial charge in [-0.1, -0.05) is 29.8 Å². The Morgan fingerprint density at radius 2 is 1.87 bits per heavy atom. The summed E-state index contributed by atoms with van der Waals surface area (Å²) in [4.78, 5) is 34.3. The smallest absolute Gasteiger partial charge is 0.259 e. The van der Waals surface area contributed by atoms with Gasteiger partial charge in [-0.15, -0.1) is 0 Å². The summed E-state index contributed by atoms with van der Waals surface area (Å²) in [5.41, 5.74) is 1.14. The number of nitrogens with one attached hydrogen (secondary N) is 1. The molecule has 0 spiro atoms. The fourth-order valence-electron chi connectivity index (χ4n) is 4.56. The van der Waals surface area contributed by atoms with Crippen molar-refractivity contribution in [2.24, 2.45) is 0 Å². The molecule has 0 radical (unpaired) electrons. The van der Waals surface area contributed by atoms with Crippen molar-refractivity contribution >= 4 is 45.8 Å². The second kappa shape index (κ2) is 11.6. The van der Waals surface area contributed by atoms with Crippen LogP contribution in [0.5, 0.6) is 11.5 Å². The molecule has 3 aromatic rings. The summed E-state index contributed by atoms with van der Waals surface area (Å²) in [6, 6.07) is 5.41. The van der Waals surface area contributed by atoms with Gasteiger partial charge in [-0.3, -0.25) is 14.5 Å². The Kier molecular flexibility index (Phi) is 8.50. The van der Waals surface area contributed by atoms with Gasteiger partial charge < -0.3 is 24.3 Å². The number of benzene rings is 1. The lowest BCUT2D eigenvalue weighted by Gasteiger charge is -2.43. The molecule has 4 rings (SSSR count). The van der Waals surface area contributed by atoms with Crippen molar-refractivity contribution in [3.05, 3.63) is 57.4 Å². The van der Waals surface area contributed by atoms with E-state index in [0.717, 1.165) is 10.9 Å². The zero-order valence-corrected chi connectivity index (χ0v) is 23.4. The summed E-state index contributed by atoms with van der Waals surface area (Å²) in [6.45, 7) is 8.46.